The van der Waals surface area contributed by atoms with Gasteiger partial charge in [0.25, 0.3) is 0 Å². The summed E-state index contributed by atoms with van der Waals surface area (Å²) in [7, 11) is 0. The third kappa shape index (κ3) is 6.04. The molecular formula is C16H26O3. The van der Waals surface area contributed by atoms with Crippen molar-refractivity contribution >= 4 is 11.8 Å². The first-order chi connectivity index (χ1) is 9.02. The van der Waals surface area contributed by atoms with Crippen molar-refractivity contribution in [2.24, 2.45) is 11.8 Å². The van der Waals surface area contributed by atoms with Crippen molar-refractivity contribution < 1.29 is 14.3 Å². The van der Waals surface area contributed by atoms with Gasteiger partial charge >= 0.3 is 5.97 Å². The minimum absolute atomic E-state index is 0.168. The molecule has 0 radical (unpaired) electrons. The van der Waals surface area contributed by atoms with Crippen molar-refractivity contribution in [3.05, 3.63) is 11.6 Å². The number of rotatable bonds is 7. The predicted octanol–water partition coefficient (Wildman–Crippen LogP) is 3.67. The Bertz CT molecular complexity index is 340. The van der Waals surface area contributed by atoms with Crippen LogP contribution >= 0.6 is 0 Å². The standard InChI is InChI=1S/C16H26O3/c1-4-5-6-13-9-15(17)10-14(13)11-16(18)19-8-7-12(2)3/h7,13-14H,4-6,8-11H2,1-3H3. The first-order valence-electron chi connectivity index (χ1n) is 7.33. The van der Waals surface area contributed by atoms with Crippen LogP contribution in [0.1, 0.15) is 59.3 Å². The Labute approximate surface area is 116 Å². The number of carbonyl (C=O) groups excluding carboxylic acids is 2. The summed E-state index contributed by atoms with van der Waals surface area (Å²) in [5.41, 5.74) is 1.14. The quantitative estimate of drug-likeness (QED) is 0.521. The molecule has 1 aliphatic carbocycles. The molecule has 3 heteroatoms. The van der Waals surface area contributed by atoms with Gasteiger partial charge in [-0.3, -0.25) is 9.59 Å². The molecule has 0 aromatic carbocycles. The van der Waals surface area contributed by atoms with Crippen molar-refractivity contribution in [3.8, 4) is 0 Å². The Kier molecular flexibility index (Phi) is 6.82. The number of hydrogen-bond donors (Lipinski definition) is 0. The van der Waals surface area contributed by atoms with Gasteiger partial charge in [0.1, 0.15) is 12.4 Å². The van der Waals surface area contributed by atoms with Crippen molar-refractivity contribution in [2.75, 3.05) is 6.61 Å². The maximum Gasteiger partial charge on any atom is 0.306 e. The number of unbranched alkanes of at least 4 members (excludes halogenated alkanes) is 1. The second kappa shape index (κ2) is 8.13. The van der Waals surface area contributed by atoms with Gasteiger partial charge in [0, 0.05) is 19.3 Å². The minimum atomic E-state index is -0.168. The van der Waals surface area contributed by atoms with Crippen molar-refractivity contribution in [1.82, 2.24) is 0 Å². The second-order valence-corrected chi connectivity index (χ2v) is 5.78. The van der Waals surface area contributed by atoms with E-state index in [1.165, 1.54) is 0 Å². The molecule has 19 heavy (non-hydrogen) atoms. The molecule has 2 unspecified atom stereocenters. The number of hydrogen-bond acceptors (Lipinski definition) is 3. The highest BCUT2D eigenvalue weighted by molar-refractivity contribution is 5.82. The zero-order valence-corrected chi connectivity index (χ0v) is 12.4. The van der Waals surface area contributed by atoms with Gasteiger partial charge in [0.05, 0.1) is 0 Å². The molecule has 0 spiro atoms. The lowest BCUT2D eigenvalue weighted by atomic mass is 9.89. The number of Topliss-reactive ketones (excluding diaryl/α,β-unsaturated/α-hetero) is 1. The average molecular weight is 266 g/mol. The van der Waals surface area contributed by atoms with Gasteiger partial charge in [0.2, 0.25) is 0 Å². The number of esters is 1. The highest BCUT2D eigenvalue weighted by atomic mass is 16.5. The summed E-state index contributed by atoms with van der Waals surface area (Å²) >= 11 is 0. The Morgan fingerprint density at radius 1 is 1.32 bits per heavy atom. The van der Waals surface area contributed by atoms with E-state index in [9.17, 15) is 9.59 Å². The molecular weight excluding hydrogens is 240 g/mol. The van der Waals surface area contributed by atoms with Crippen LogP contribution in [-0.2, 0) is 14.3 Å². The van der Waals surface area contributed by atoms with Gasteiger partial charge in [0.15, 0.2) is 0 Å². The summed E-state index contributed by atoms with van der Waals surface area (Å²) in [6.07, 6.45) is 6.86. The van der Waals surface area contributed by atoms with Crippen molar-refractivity contribution in [1.29, 1.82) is 0 Å². The van der Waals surface area contributed by atoms with Crippen LogP contribution in [0.25, 0.3) is 0 Å². The van der Waals surface area contributed by atoms with Gasteiger partial charge < -0.3 is 4.74 Å². The summed E-state index contributed by atoms with van der Waals surface area (Å²) < 4.78 is 5.18. The van der Waals surface area contributed by atoms with E-state index in [1.807, 2.05) is 19.9 Å². The maximum absolute atomic E-state index is 11.7. The Morgan fingerprint density at radius 2 is 2.00 bits per heavy atom. The number of allylic oxidation sites excluding steroid dienone is 1. The van der Waals surface area contributed by atoms with Crippen LogP contribution in [0.15, 0.2) is 11.6 Å². The van der Waals surface area contributed by atoms with Gasteiger partial charge in [-0.2, -0.15) is 0 Å². The molecule has 2 atom stereocenters. The molecule has 0 N–H and O–H groups in total. The van der Waals surface area contributed by atoms with E-state index >= 15 is 0 Å². The number of ketones is 1. The molecule has 0 saturated heterocycles. The zero-order valence-electron chi connectivity index (χ0n) is 12.4. The zero-order chi connectivity index (χ0) is 14.3. The molecule has 1 aliphatic rings. The van der Waals surface area contributed by atoms with Crippen LogP contribution in [0, 0.1) is 11.8 Å². The fourth-order valence-corrected chi connectivity index (χ4v) is 2.62. The number of ether oxygens (including phenoxy) is 1. The maximum atomic E-state index is 11.7. The third-order valence-electron chi connectivity index (χ3n) is 3.74. The predicted molar refractivity (Wildman–Crippen MR) is 75.8 cm³/mol. The van der Waals surface area contributed by atoms with E-state index in [1.54, 1.807) is 0 Å². The van der Waals surface area contributed by atoms with Crippen LogP contribution in [0.2, 0.25) is 0 Å². The lowest BCUT2D eigenvalue weighted by molar-refractivity contribution is -0.143. The van der Waals surface area contributed by atoms with E-state index in [4.69, 9.17) is 4.74 Å². The fraction of sp³-hybridized carbons (Fsp3) is 0.750. The van der Waals surface area contributed by atoms with Crippen LogP contribution < -0.4 is 0 Å². The SMILES string of the molecule is CCCCC1CC(=O)CC1CC(=O)OCC=C(C)C. The smallest absolute Gasteiger partial charge is 0.306 e. The van der Waals surface area contributed by atoms with E-state index in [0.29, 0.717) is 37.6 Å². The molecule has 1 rings (SSSR count). The summed E-state index contributed by atoms with van der Waals surface area (Å²) in [5.74, 6) is 0.739. The Balaban J connectivity index is 2.38. The molecule has 1 fully saturated rings. The molecule has 0 aromatic heterocycles. The van der Waals surface area contributed by atoms with Gasteiger partial charge in [-0.15, -0.1) is 0 Å². The molecule has 0 bridgehead atoms. The molecule has 1 saturated carbocycles. The van der Waals surface area contributed by atoms with Gasteiger partial charge in [-0.05, 0) is 38.2 Å². The van der Waals surface area contributed by atoms with Gasteiger partial charge in [-0.25, -0.2) is 0 Å². The summed E-state index contributed by atoms with van der Waals surface area (Å²) in [5, 5.41) is 0. The molecule has 0 aliphatic heterocycles. The normalized spacial score (nSPS) is 22.4. The molecule has 3 nitrogen and oxygen atoms in total. The first-order valence-corrected chi connectivity index (χ1v) is 7.33. The summed E-state index contributed by atoms with van der Waals surface area (Å²) in [4.78, 5) is 23.3. The summed E-state index contributed by atoms with van der Waals surface area (Å²) in [6.45, 7) is 6.45. The van der Waals surface area contributed by atoms with Gasteiger partial charge in [-0.1, -0.05) is 25.3 Å². The van der Waals surface area contributed by atoms with E-state index in [0.717, 1.165) is 24.8 Å². The topological polar surface area (TPSA) is 43.4 Å². The summed E-state index contributed by atoms with van der Waals surface area (Å²) in [6, 6.07) is 0. The van der Waals surface area contributed by atoms with Crippen LogP contribution in [0.4, 0.5) is 0 Å². The highest BCUT2D eigenvalue weighted by Gasteiger charge is 2.33. The van der Waals surface area contributed by atoms with Crippen molar-refractivity contribution in [3.63, 3.8) is 0 Å². The van der Waals surface area contributed by atoms with Crippen LogP contribution in [0.5, 0.6) is 0 Å². The van der Waals surface area contributed by atoms with E-state index < -0.39 is 0 Å². The number of carbonyl (C=O) groups is 2. The van der Waals surface area contributed by atoms with Crippen LogP contribution in [0.3, 0.4) is 0 Å². The molecule has 108 valence electrons. The lowest BCUT2D eigenvalue weighted by Gasteiger charge is -2.17. The molecule has 0 heterocycles. The van der Waals surface area contributed by atoms with E-state index in [-0.39, 0.29) is 11.9 Å². The Morgan fingerprint density at radius 3 is 2.63 bits per heavy atom. The average Bonchev–Trinajstić information content (AvgIpc) is 2.66. The lowest BCUT2D eigenvalue weighted by Crippen LogP contribution is -2.15. The van der Waals surface area contributed by atoms with Crippen LogP contribution in [-0.4, -0.2) is 18.4 Å². The minimum Gasteiger partial charge on any atom is -0.461 e. The van der Waals surface area contributed by atoms with Crippen molar-refractivity contribution in [2.45, 2.75) is 59.3 Å². The largest absolute Gasteiger partial charge is 0.461 e. The molecule has 0 aromatic rings. The second-order valence-electron chi connectivity index (χ2n) is 5.78. The monoisotopic (exact) mass is 266 g/mol. The van der Waals surface area contributed by atoms with E-state index in [2.05, 4.69) is 6.92 Å². The Hall–Kier alpha value is -1.12. The fourth-order valence-electron chi connectivity index (χ4n) is 2.62. The highest BCUT2D eigenvalue weighted by Crippen LogP contribution is 2.35. The molecule has 0 amide bonds. The first kappa shape index (κ1) is 15.9. The third-order valence-corrected chi connectivity index (χ3v) is 3.74.